The predicted molar refractivity (Wildman–Crippen MR) is 106 cm³/mol. The zero-order chi connectivity index (χ0) is 18.7. The smallest absolute Gasteiger partial charge is 0.181 e. The van der Waals surface area contributed by atoms with Crippen molar-refractivity contribution >= 4 is 0 Å². The van der Waals surface area contributed by atoms with E-state index in [1.807, 2.05) is 35.0 Å². The van der Waals surface area contributed by atoms with Gasteiger partial charge in [0.05, 0.1) is 0 Å². The van der Waals surface area contributed by atoms with E-state index in [1.54, 1.807) is 6.20 Å². The summed E-state index contributed by atoms with van der Waals surface area (Å²) < 4.78 is 7.55. The van der Waals surface area contributed by atoms with Crippen LogP contribution in [0.1, 0.15) is 30.7 Å². The van der Waals surface area contributed by atoms with Gasteiger partial charge < -0.3 is 4.74 Å². The molecule has 0 N–H and O–H groups in total. The molecule has 2 aromatic heterocycles. The van der Waals surface area contributed by atoms with Gasteiger partial charge in [0.2, 0.25) is 0 Å². The fourth-order valence-electron chi connectivity index (χ4n) is 3.76. The molecule has 138 valence electrons. The van der Waals surface area contributed by atoms with E-state index in [0.29, 0.717) is 0 Å². The lowest BCUT2D eigenvalue weighted by atomic mass is 9.76. The van der Waals surface area contributed by atoms with Crippen molar-refractivity contribution < 1.29 is 4.74 Å². The van der Waals surface area contributed by atoms with Crippen LogP contribution in [0.15, 0.2) is 61.3 Å². The largest absolute Gasteiger partial charge is 0.381 e. The van der Waals surface area contributed by atoms with E-state index in [4.69, 9.17) is 14.8 Å². The van der Waals surface area contributed by atoms with Gasteiger partial charge in [0.1, 0.15) is 5.82 Å². The highest BCUT2D eigenvalue weighted by molar-refractivity contribution is 5.56. The maximum atomic E-state index is 5.64. The van der Waals surface area contributed by atoms with Gasteiger partial charge in [0, 0.05) is 30.4 Å². The minimum atomic E-state index is -0.132. The zero-order valence-electron chi connectivity index (χ0n) is 15.6. The van der Waals surface area contributed by atoms with Crippen LogP contribution >= 0.6 is 0 Å². The van der Waals surface area contributed by atoms with Gasteiger partial charge in [-0.2, -0.15) is 4.68 Å². The molecule has 0 saturated carbocycles. The van der Waals surface area contributed by atoms with Crippen molar-refractivity contribution in [2.75, 3.05) is 13.2 Å². The van der Waals surface area contributed by atoms with Gasteiger partial charge in [0.15, 0.2) is 11.6 Å². The maximum Gasteiger partial charge on any atom is 0.181 e. The molecule has 0 radical (unpaired) electrons. The Bertz CT molecular complexity index is 926. The first-order chi connectivity index (χ1) is 13.2. The molecule has 0 spiro atoms. The zero-order valence-corrected chi connectivity index (χ0v) is 15.6. The minimum Gasteiger partial charge on any atom is -0.381 e. The second-order valence-electron chi connectivity index (χ2n) is 7.11. The second-order valence-corrected chi connectivity index (χ2v) is 7.11. The van der Waals surface area contributed by atoms with Crippen molar-refractivity contribution in [2.24, 2.45) is 0 Å². The third kappa shape index (κ3) is 3.43. The Morgan fingerprint density at radius 3 is 2.74 bits per heavy atom. The number of hydrogen-bond donors (Lipinski definition) is 0. The number of hydrogen-bond acceptors (Lipinski definition) is 4. The molecule has 0 atom stereocenters. The molecule has 5 heteroatoms. The van der Waals surface area contributed by atoms with Crippen LogP contribution < -0.4 is 0 Å². The van der Waals surface area contributed by atoms with Gasteiger partial charge >= 0.3 is 0 Å². The number of pyridine rings is 1. The van der Waals surface area contributed by atoms with Crippen LogP contribution in [-0.2, 0) is 10.2 Å². The van der Waals surface area contributed by atoms with Gasteiger partial charge in [-0.05, 0) is 44.4 Å². The third-order valence-electron chi connectivity index (χ3n) is 5.21. The van der Waals surface area contributed by atoms with E-state index >= 15 is 0 Å². The molecule has 0 bridgehead atoms. The lowest BCUT2D eigenvalue weighted by Crippen LogP contribution is -2.36. The van der Waals surface area contributed by atoms with Crippen molar-refractivity contribution in [3.05, 3.63) is 72.7 Å². The number of rotatable bonds is 5. The molecule has 4 rings (SSSR count). The van der Waals surface area contributed by atoms with E-state index in [9.17, 15) is 0 Å². The summed E-state index contributed by atoms with van der Waals surface area (Å²) in [5.74, 6) is 2.46. The molecule has 3 heterocycles. The highest BCUT2D eigenvalue weighted by atomic mass is 16.5. The van der Waals surface area contributed by atoms with Gasteiger partial charge in [-0.15, -0.1) is 11.7 Å². The number of aryl methyl sites for hydroxylation is 1. The van der Waals surface area contributed by atoms with Gasteiger partial charge in [-0.25, -0.2) is 9.97 Å². The quantitative estimate of drug-likeness (QED) is 0.638. The SMILES string of the molecule is C=CCC1(c2nc(-c3cccc(C)c3)nn2-c2ccccn2)CCOCC1. The van der Waals surface area contributed by atoms with Crippen molar-refractivity contribution in [1.29, 1.82) is 0 Å². The molecule has 1 saturated heterocycles. The molecule has 1 fully saturated rings. The summed E-state index contributed by atoms with van der Waals surface area (Å²) in [4.78, 5) is 9.54. The lowest BCUT2D eigenvalue weighted by molar-refractivity contribution is 0.0471. The summed E-state index contributed by atoms with van der Waals surface area (Å²) in [6.45, 7) is 7.52. The Hall–Kier alpha value is -2.79. The fraction of sp³-hybridized carbons (Fsp3) is 0.318. The van der Waals surface area contributed by atoms with Gasteiger partial charge in [-0.1, -0.05) is 35.9 Å². The minimum absolute atomic E-state index is 0.132. The molecule has 3 aromatic rings. The standard InChI is InChI=1S/C22H24N4O/c1-3-10-22(11-14-27-15-12-22)21-24-20(18-8-6-7-17(2)16-18)25-26(21)19-9-4-5-13-23-19/h3-9,13,16H,1,10-12,14-15H2,2H3. The highest BCUT2D eigenvalue weighted by Crippen LogP contribution is 2.39. The first-order valence-corrected chi connectivity index (χ1v) is 9.36. The summed E-state index contributed by atoms with van der Waals surface area (Å²) in [5.41, 5.74) is 2.08. The van der Waals surface area contributed by atoms with E-state index < -0.39 is 0 Å². The molecule has 0 unspecified atom stereocenters. The average molecular weight is 360 g/mol. The third-order valence-corrected chi connectivity index (χ3v) is 5.21. The van der Waals surface area contributed by atoms with Crippen LogP contribution in [-0.4, -0.2) is 33.0 Å². The maximum absolute atomic E-state index is 5.64. The Labute approximate surface area is 159 Å². The highest BCUT2D eigenvalue weighted by Gasteiger charge is 2.39. The van der Waals surface area contributed by atoms with Crippen LogP contribution in [0.5, 0.6) is 0 Å². The first kappa shape index (κ1) is 17.6. The van der Waals surface area contributed by atoms with Crippen molar-refractivity contribution in [3.8, 4) is 17.2 Å². The summed E-state index contributed by atoms with van der Waals surface area (Å²) >= 11 is 0. The van der Waals surface area contributed by atoms with Crippen LogP contribution in [0.4, 0.5) is 0 Å². The number of ether oxygens (including phenoxy) is 1. The summed E-state index contributed by atoms with van der Waals surface area (Å²) in [5, 5.41) is 4.86. The molecular weight excluding hydrogens is 336 g/mol. The molecule has 27 heavy (non-hydrogen) atoms. The Morgan fingerprint density at radius 2 is 2.04 bits per heavy atom. The summed E-state index contributed by atoms with van der Waals surface area (Å²) in [6, 6.07) is 14.2. The Kier molecular flexibility index (Phi) is 4.86. The van der Waals surface area contributed by atoms with E-state index in [1.165, 1.54) is 5.56 Å². The first-order valence-electron chi connectivity index (χ1n) is 9.36. The molecular formula is C22H24N4O. The molecule has 1 aliphatic rings. The topological polar surface area (TPSA) is 52.8 Å². The Balaban J connectivity index is 1.89. The van der Waals surface area contributed by atoms with E-state index in [0.717, 1.165) is 55.5 Å². The number of nitrogens with zero attached hydrogens (tertiary/aromatic N) is 4. The number of allylic oxidation sites excluding steroid dienone is 1. The molecule has 1 aromatic carbocycles. The van der Waals surface area contributed by atoms with Crippen molar-refractivity contribution in [1.82, 2.24) is 19.7 Å². The molecule has 0 amide bonds. The predicted octanol–water partition coefficient (Wildman–Crippen LogP) is 4.26. The molecule has 0 aliphatic carbocycles. The number of aromatic nitrogens is 4. The van der Waals surface area contributed by atoms with Crippen LogP contribution in [0, 0.1) is 6.92 Å². The number of benzene rings is 1. The Morgan fingerprint density at radius 1 is 1.19 bits per heavy atom. The summed E-state index contributed by atoms with van der Waals surface area (Å²) in [7, 11) is 0. The van der Waals surface area contributed by atoms with E-state index in [-0.39, 0.29) is 5.41 Å². The fourth-order valence-corrected chi connectivity index (χ4v) is 3.76. The average Bonchev–Trinajstić information content (AvgIpc) is 3.16. The van der Waals surface area contributed by atoms with Gasteiger partial charge in [-0.3, -0.25) is 0 Å². The molecule has 5 nitrogen and oxygen atoms in total. The van der Waals surface area contributed by atoms with Crippen LogP contribution in [0.25, 0.3) is 17.2 Å². The van der Waals surface area contributed by atoms with E-state index in [2.05, 4.69) is 36.7 Å². The monoisotopic (exact) mass is 360 g/mol. The van der Waals surface area contributed by atoms with Crippen molar-refractivity contribution in [3.63, 3.8) is 0 Å². The summed E-state index contributed by atoms with van der Waals surface area (Å²) in [6.07, 6.45) is 6.41. The van der Waals surface area contributed by atoms with Crippen molar-refractivity contribution in [2.45, 2.75) is 31.6 Å². The molecule has 1 aliphatic heterocycles. The second kappa shape index (κ2) is 7.45. The lowest BCUT2D eigenvalue weighted by Gasteiger charge is -2.35. The van der Waals surface area contributed by atoms with Crippen LogP contribution in [0.2, 0.25) is 0 Å². The van der Waals surface area contributed by atoms with Crippen LogP contribution in [0.3, 0.4) is 0 Å². The normalized spacial score (nSPS) is 16.2. The van der Waals surface area contributed by atoms with Gasteiger partial charge in [0.25, 0.3) is 0 Å².